The van der Waals surface area contributed by atoms with Gasteiger partial charge in [-0.05, 0) is 29.6 Å². The van der Waals surface area contributed by atoms with Gasteiger partial charge in [0.1, 0.15) is 0 Å². The van der Waals surface area contributed by atoms with Crippen molar-refractivity contribution < 1.29 is 4.79 Å². The van der Waals surface area contributed by atoms with E-state index >= 15 is 0 Å². The molecule has 2 heteroatoms. The minimum atomic E-state index is 0.0735. The monoisotopic (exact) mass is 255 g/mol. The molecule has 0 heterocycles. The van der Waals surface area contributed by atoms with E-state index in [1.807, 2.05) is 0 Å². The van der Waals surface area contributed by atoms with Crippen molar-refractivity contribution in [2.24, 2.45) is 16.7 Å². The van der Waals surface area contributed by atoms with Gasteiger partial charge in [0.05, 0.1) is 0 Å². The number of rotatable bonds is 8. The highest BCUT2D eigenvalue weighted by molar-refractivity contribution is 5.76. The van der Waals surface area contributed by atoms with Crippen molar-refractivity contribution in [3.05, 3.63) is 0 Å². The summed E-state index contributed by atoms with van der Waals surface area (Å²) in [5.74, 6) is 0.841. The van der Waals surface area contributed by atoms with Crippen LogP contribution in [0.15, 0.2) is 0 Å². The maximum absolute atomic E-state index is 11.9. The number of carbonyl (C=O) groups is 1. The summed E-state index contributed by atoms with van der Waals surface area (Å²) >= 11 is 0. The van der Waals surface area contributed by atoms with Crippen LogP contribution in [0.3, 0.4) is 0 Å². The number of carbonyl (C=O) groups excluding carboxylic acids is 1. The van der Waals surface area contributed by atoms with Crippen molar-refractivity contribution in [2.45, 2.75) is 74.1 Å². The highest BCUT2D eigenvalue weighted by Gasteiger charge is 2.32. The van der Waals surface area contributed by atoms with Crippen LogP contribution in [0.4, 0.5) is 0 Å². The second-order valence-electron chi connectivity index (χ2n) is 7.36. The smallest absolute Gasteiger partial charge is 0.220 e. The van der Waals surface area contributed by atoms with E-state index in [1.54, 1.807) is 0 Å². The Morgan fingerprint density at radius 3 is 2.17 bits per heavy atom. The fourth-order valence-electron chi connectivity index (χ4n) is 2.40. The van der Waals surface area contributed by atoms with Crippen molar-refractivity contribution in [1.82, 2.24) is 5.32 Å². The highest BCUT2D eigenvalue weighted by Crippen LogP contribution is 2.40. The Labute approximate surface area is 114 Å². The van der Waals surface area contributed by atoms with Crippen LogP contribution in [0.5, 0.6) is 0 Å². The first-order chi connectivity index (χ1) is 8.10. The molecule has 0 aromatic heterocycles. The summed E-state index contributed by atoms with van der Waals surface area (Å²) in [5.41, 5.74) is 0.358. The Hall–Kier alpha value is -0.530. The van der Waals surface area contributed by atoms with Crippen LogP contribution < -0.4 is 5.32 Å². The molecule has 108 valence electrons. The minimum Gasteiger partial charge on any atom is -0.356 e. The minimum absolute atomic E-state index is 0.0735. The number of amides is 1. The predicted octanol–water partition coefficient (Wildman–Crippen LogP) is 4.39. The van der Waals surface area contributed by atoms with Gasteiger partial charge in [-0.3, -0.25) is 4.79 Å². The summed E-state index contributed by atoms with van der Waals surface area (Å²) in [6, 6.07) is 0. The van der Waals surface area contributed by atoms with Crippen molar-refractivity contribution >= 4 is 5.91 Å². The highest BCUT2D eigenvalue weighted by atomic mass is 16.1. The van der Waals surface area contributed by atoms with Crippen LogP contribution in [0, 0.1) is 16.7 Å². The topological polar surface area (TPSA) is 29.1 Å². The van der Waals surface area contributed by atoms with Crippen LogP contribution >= 0.6 is 0 Å². The molecule has 0 rings (SSSR count). The summed E-state index contributed by atoms with van der Waals surface area (Å²) in [7, 11) is 0. The Kier molecular flexibility index (Phi) is 6.94. The van der Waals surface area contributed by atoms with Crippen molar-refractivity contribution in [2.75, 3.05) is 6.54 Å². The lowest BCUT2D eigenvalue weighted by Gasteiger charge is -2.37. The SMILES string of the molecule is CCCCNC(=O)CC(C)(C)CC(C)(C)C(C)C. The van der Waals surface area contributed by atoms with E-state index < -0.39 is 0 Å². The summed E-state index contributed by atoms with van der Waals surface area (Å²) in [4.78, 5) is 11.9. The molecule has 0 bridgehead atoms. The van der Waals surface area contributed by atoms with Gasteiger partial charge in [0.15, 0.2) is 0 Å². The Morgan fingerprint density at radius 1 is 1.17 bits per heavy atom. The zero-order valence-corrected chi connectivity index (χ0v) is 13.5. The largest absolute Gasteiger partial charge is 0.356 e. The Balaban J connectivity index is 4.26. The molecule has 0 saturated carbocycles. The first-order valence-corrected chi connectivity index (χ1v) is 7.37. The van der Waals surface area contributed by atoms with Crippen LogP contribution in [0.1, 0.15) is 74.1 Å². The molecule has 2 nitrogen and oxygen atoms in total. The van der Waals surface area contributed by atoms with Crippen LogP contribution in [-0.4, -0.2) is 12.5 Å². The van der Waals surface area contributed by atoms with E-state index in [0.717, 1.165) is 25.8 Å². The van der Waals surface area contributed by atoms with Crippen LogP contribution in [-0.2, 0) is 4.79 Å². The average molecular weight is 255 g/mol. The fraction of sp³-hybridized carbons (Fsp3) is 0.938. The molecular weight excluding hydrogens is 222 g/mol. The van der Waals surface area contributed by atoms with Crippen molar-refractivity contribution in [1.29, 1.82) is 0 Å². The molecular formula is C16H33NO. The van der Waals surface area contributed by atoms with E-state index in [1.165, 1.54) is 0 Å². The third-order valence-corrected chi connectivity index (χ3v) is 3.99. The van der Waals surface area contributed by atoms with E-state index in [2.05, 4.69) is 53.8 Å². The number of hydrogen-bond acceptors (Lipinski definition) is 1. The molecule has 0 radical (unpaired) electrons. The standard InChI is InChI=1S/C16H33NO/c1-8-9-10-17-14(18)11-15(4,5)12-16(6,7)13(2)3/h13H,8-12H2,1-7H3,(H,17,18). The van der Waals surface area contributed by atoms with Gasteiger partial charge in [-0.2, -0.15) is 0 Å². The molecule has 18 heavy (non-hydrogen) atoms. The number of hydrogen-bond donors (Lipinski definition) is 1. The lowest BCUT2D eigenvalue weighted by Crippen LogP contribution is -2.33. The maximum Gasteiger partial charge on any atom is 0.220 e. The van der Waals surface area contributed by atoms with Gasteiger partial charge in [0.25, 0.3) is 0 Å². The van der Waals surface area contributed by atoms with Crippen molar-refractivity contribution in [3.8, 4) is 0 Å². The lowest BCUT2D eigenvalue weighted by molar-refractivity contribution is -0.123. The van der Waals surface area contributed by atoms with Gasteiger partial charge in [-0.25, -0.2) is 0 Å². The fourth-order valence-corrected chi connectivity index (χ4v) is 2.40. The second-order valence-corrected chi connectivity index (χ2v) is 7.36. The maximum atomic E-state index is 11.9. The Bertz CT molecular complexity index is 254. The van der Waals surface area contributed by atoms with Gasteiger partial charge in [0.2, 0.25) is 5.91 Å². The zero-order chi connectivity index (χ0) is 14.4. The molecule has 0 unspecified atom stereocenters. The van der Waals surface area contributed by atoms with E-state index in [0.29, 0.717) is 12.3 Å². The molecule has 1 N–H and O–H groups in total. The molecule has 1 amide bonds. The Morgan fingerprint density at radius 2 is 1.72 bits per heavy atom. The number of unbranched alkanes of at least 4 members (excludes halogenated alkanes) is 1. The summed E-state index contributed by atoms with van der Waals surface area (Å²) in [6.45, 7) is 16.5. The lowest BCUT2D eigenvalue weighted by atomic mass is 9.68. The molecule has 0 aliphatic carbocycles. The summed E-state index contributed by atoms with van der Waals surface area (Å²) in [5, 5.41) is 3.02. The van der Waals surface area contributed by atoms with E-state index in [4.69, 9.17) is 0 Å². The molecule has 0 fully saturated rings. The first-order valence-electron chi connectivity index (χ1n) is 7.37. The molecule has 0 aromatic carbocycles. The number of nitrogens with one attached hydrogen (secondary N) is 1. The first kappa shape index (κ1) is 17.5. The third-order valence-electron chi connectivity index (χ3n) is 3.99. The summed E-state index contributed by atoms with van der Waals surface area (Å²) < 4.78 is 0. The molecule has 0 aliphatic heterocycles. The molecule has 0 saturated heterocycles. The average Bonchev–Trinajstić information content (AvgIpc) is 2.14. The molecule has 0 atom stereocenters. The van der Waals surface area contributed by atoms with Gasteiger partial charge >= 0.3 is 0 Å². The molecule has 0 aliphatic rings. The van der Waals surface area contributed by atoms with Gasteiger partial charge < -0.3 is 5.32 Å². The zero-order valence-electron chi connectivity index (χ0n) is 13.5. The van der Waals surface area contributed by atoms with E-state index in [-0.39, 0.29) is 16.7 Å². The van der Waals surface area contributed by atoms with E-state index in [9.17, 15) is 4.79 Å². The predicted molar refractivity (Wildman–Crippen MR) is 79.6 cm³/mol. The summed E-state index contributed by atoms with van der Waals surface area (Å²) in [6.07, 6.45) is 3.92. The van der Waals surface area contributed by atoms with Gasteiger partial charge in [-0.1, -0.05) is 54.9 Å². The quantitative estimate of drug-likeness (QED) is 0.640. The van der Waals surface area contributed by atoms with Gasteiger partial charge in [0, 0.05) is 13.0 Å². The van der Waals surface area contributed by atoms with Gasteiger partial charge in [-0.15, -0.1) is 0 Å². The third kappa shape index (κ3) is 7.03. The van der Waals surface area contributed by atoms with Crippen LogP contribution in [0.25, 0.3) is 0 Å². The normalized spacial score (nSPS) is 12.9. The van der Waals surface area contributed by atoms with Crippen LogP contribution in [0.2, 0.25) is 0 Å². The molecule has 0 aromatic rings. The van der Waals surface area contributed by atoms with Crippen molar-refractivity contribution in [3.63, 3.8) is 0 Å². The second kappa shape index (κ2) is 7.16. The molecule has 0 spiro atoms.